The number of rotatable bonds is 4. The molecule has 32 heavy (non-hydrogen) atoms. The normalized spacial score (nSPS) is 21.6. The lowest BCUT2D eigenvalue weighted by Crippen LogP contribution is -2.57. The second-order valence-electron chi connectivity index (χ2n) is 9.16. The maximum atomic E-state index is 13.1. The smallest absolute Gasteiger partial charge is 0.410 e. The molecule has 9 heteroatoms. The van der Waals surface area contributed by atoms with Crippen molar-refractivity contribution in [1.29, 1.82) is 0 Å². The molecular formula is C23H33N3O6. The van der Waals surface area contributed by atoms with E-state index in [4.69, 9.17) is 14.2 Å². The molecule has 3 amide bonds. The first-order chi connectivity index (χ1) is 15.2. The van der Waals surface area contributed by atoms with E-state index in [1.807, 2.05) is 30.3 Å². The second-order valence-corrected chi connectivity index (χ2v) is 9.16. The number of piperidine rings is 1. The first kappa shape index (κ1) is 23.8. The number of ether oxygens (including phenoxy) is 3. The number of amides is 3. The van der Waals surface area contributed by atoms with Crippen LogP contribution in [0.4, 0.5) is 9.59 Å². The largest absolute Gasteiger partial charge is 0.445 e. The van der Waals surface area contributed by atoms with Crippen LogP contribution in [0.1, 0.15) is 32.8 Å². The summed E-state index contributed by atoms with van der Waals surface area (Å²) in [6.45, 7) is 8.09. The molecule has 2 saturated heterocycles. The topological polar surface area (TPSA) is 97.4 Å². The highest BCUT2D eigenvalue weighted by Gasteiger charge is 2.38. The maximum absolute atomic E-state index is 13.1. The molecule has 1 unspecified atom stereocenters. The highest BCUT2D eigenvalue weighted by atomic mass is 16.6. The molecule has 0 radical (unpaired) electrons. The summed E-state index contributed by atoms with van der Waals surface area (Å²) in [7, 11) is 0. The lowest BCUT2D eigenvalue weighted by molar-refractivity contribution is -0.141. The zero-order valence-electron chi connectivity index (χ0n) is 19.0. The van der Waals surface area contributed by atoms with E-state index in [1.165, 1.54) is 4.90 Å². The molecule has 1 N–H and O–H groups in total. The number of benzene rings is 1. The Morgan fingerprint density at radius 1 is 1.06 bits per heavy atom. The van der Waals surface area contributed by atoms with E-state index in [9.17, 15) is 14.4 Å². The third-order valence-electron chi connectivity index (χ3n) is 5.31. The number of hydrogen-bond acceptors (Lipinski definition) is 6. The van der Waals surface area contributed by atoms with E-state index in [2.05, 4.69) is 5.32 Å². The van der Waals surface area contributed by atoms with Gasteiger partial charge in [-0.25, -0.2) is 9.59 Å². The van der Waals surface area contributed by atoms with Crippen LogP contribution >= 0.6 is 0 Å². The Hall–Kier alpha value is -2.81. The molecule has 2 fully saturated rings. The molecule has 1 aromatic carbocycles. The lowest BCUT2D eigenvalue weighted by atomic mass is 9.93. The van der Waals surface area contributed by atoms with Crippen molar-refractivity contribution in [3.05, 3.63) is 35.9 Å². The van der Waals surface area contributed by atoms with Gasteiger partial charge in [-0.1, -0.05) is 30.3 Å². The van der Waals surface area contributed by atoms with E-state index in [1.54, 1.807) is 25.7 Å². The van der Waals surface area contributed by atoms with E-state index in [0.717, 1.165) is 5.56 Å². The van der Waals surface area contributed by atoms with Crippen LogP contribution in [-0.2, 0) is 25.6 Å². The Bertz CT molecular complexity index is 789. The number of nitrogens with one attached hydrogen (secondary N) is 1. The van der Waals surface area contributed by atoms with Crippen LogP contribution < -0.4 is 5.32 Å². The molecule has 2 aliphatic heterocycles. The quantitative estimate of drug-likeness (QED) is 0.761. The average molecular weight is 448 g/mol. The summed E-state index contributed by atoms with van der Waals surface area (Å²) in [6.07, 6.45) is -0.653. The molecule has 0 aliphatic carbocycles. The highest BCUT2D eigenvalue weighted by molar-refractivity contribution is 5.80. The zero-order valence-corrected chi connectivity index (χ0v) is 19.0. The van der Waals surface area contributed by atoms with E-state index in [-0.39, 0.29) is 25.6 Å². The number of nitrogens with zero attached hydrogens (tertiary/aromatic N) is 2. The van der Waals surface area contributed by atoms with Gasteiger partial charge in [0.1, 0.15) is 12.2 Å². The molecule has 2 heterocycles. The van der Waals surface area contributed by atoms with Crippen LogP contribution in [-0.4, -0.2) is 78.9 Å². The molecule has 9 nitrogen and oxygen atoms in total. The van der Waals surface area contributed by atoms with Crippen molar-refractivity contribution in [2.75, 3.05) is 39.4 Å². The van der Waals surface area contributed by atoms with Gasteiger partial charge in [0, 0.05) is 26.2 Å². The van der Waals surface area contributed by atoms with E-state index in [0.29, 0.717) is 32.7 Å². The van der Waals surface area contributed by atoms with Crippen molar-refractivity contribution < 1.29 is 28.6 Å². The minimum Gasteiger partial charge on any atom is -0.445 e. The summed E-state index contributed by atoms with van der Waals surface area (Å²) >= 11 is 0. The molecule has 1 aromatic rings. The van der Waals surface area contributed by atoms with Crippen LogP contribution in [0.3, 0.4) is 0 Å². The number of carbonyl (C=O) groups is 3. The summed E-state index contributed by atoms with van der Waals surface area (Å²) in [5, 5.41) is 2.82. The van der Waals surface area contributed by atoms with Gasteiger partial charge >= 0.3 is 12.2 Å². The first-order valence-corrected chi connectivity index (χ1v) is 11.0. The summed E-state index contributed by atoms with van der Waals surface area (Å²) in [4.78, 5) is 41.5. The molecular weight excluding hydrogens is 414 g/mol. The molecule has 0 spiro atoms. The van der Waals surface area contributed by atoms with Gasteiger partial charge in [-0.2, -0.15) is 0 Å². The van der Waals surface area contributed by atoms with Crippen LogP contribution in [0.25, 0.3) is 0 Å². The number of alkyl carbamates (subject to hydrolysis) is 1. The van der Waals surface area contributed by atoms with Crippen molar-refractivity contribution >= 4 is 18.1 Å². The fourth-order valence-electron chi connectivity index (χ4n) is 3.83. The molecule has 3 rings (SSSR count). The Morgan fingerprint density at radius 2 is 1.75 bits per heavy atom. The minimum atomic E-state index is -0.657. The third-order valence-corrected chi connectivity index (χ3v) is 5.31. The lowest BCUT2D eigenvalue weighted by Gasteiger charge is -2.40. The summed E-state index contributed by atoms with van der Waals surface area (Å²) in [5.41, 5.74) is 0.220. The fraction of sp³-hybridized carbons (Fsp3) is 0.609. The van der Waals surface area contributed by atoms with Gasteiger partial charge in [-0.05, 0) is 32.8 Å². The second kappa shape index (κ2) is 10.7. The van der Waals surface area contributed by atoms with Crippen LogP contribution in [0.5, 0.6) is 0 Å². The van der Waals surface area contributed by atoms with E-state index < -0.39 is 29.7 Å². The Labute approximate surface area is 189 Å². The predicted octanol–water partition coefficient (Wildman–Crippen LogP) is 2.40. The molecule has 0 saturated carbocycles. The highest BCUT2D eigenvalue weighted by Crippen LogP contribution is 2.22. The van der Waals surface area contributed by atoms with Crippen LogP contribution in [0.15, 0.2) is 30.3 Å². The van der Waals surface area contributed by atoms with Gasteiger partial charge in [0.15, 0.2) is 0 Å². The van der Waals surface area contributed by atoms with Gasteiger partial charge < -0.3 is 29.3 Å². The van der Waals surface area contributed by atoms with Crippen LogP contribution in [0.2, 0.25) is 0 Å². The Kier molecular flexibility index (Phi) is 7.95. The first-order valence-electron chi connectivity index (χ1n) is 11.0. The minimum absolute atomic E-state index is 0.0361. The van der Waals surface area contributed by atoms with Gasteiger partial charge in [-0.15, -0.1) is 0 Å². The number of morpholine rings is 1. The standard InChI is InChI=1S/C23H33N3O6/c1-23(2,3)32-22(29)26-14-18(20(27)25-9-11-30-12-10-25)13-19(15-26)24-21(28)31-16-17-7-5-4-6-8-17/h4-8,18-19H,9-16H2,1-3H3,(H,24,28)/t18-,19?/m1/s1. The average Bonchev–Trinajstić information content (AvgIpc) is 2.77. The summed E-state index contributed by atoms with van der Waals surface area (Å²) < 4.78 is 16.2. The monoisotopic (exact) mass is 447 g/mol. The molecule has 0 aromatic heterocycles. The number of hydrogen-bond donors (Lipinski definition) is 1. The van der Waals surface area contributed by atoms with Gasteiger partial charge in [0.25, 0.3) is 0 Å². The van der Waals surface area contributed by atoms with Crippen molar-refractivity contribution in [3.63, 3.8) is 0 Å². The summed E-state index contributed by atoms with van der Waals surface area (Å²) in [6, 6.07) is 8.96. The molecule has 176 valence electrons. The Morgan fingerprint density at radius 3 is 2.41 bits per heavy atom. The van der Waals surface area contributed by atoms with Crippen molar-refractivity contribution in [2.45, 2.75) is 45.4 Å². The van der Waals surface area contributed by atoms with E-state index >= 15 is 0 Å². The van der Waals surface area contributed by atoms with Gasteiger partial charge in [-0.3, -0.25) is 4.79 Å². The molecule has 2 aliphatic rings. The zero-order chi connectivity index (χ0) is 23.1. The summed E-state index contributed by atoms with van der Waals surface area (Å²) in [5.74, 6) is -0.472. The third kappa shape index (κ3) is 7.12. The SMILES string of the molecule is CC(C)(C)OC(=O)N1CC(NC(=O)OCc2ccccc2)C[C@@H](C(=O)N2CCOCC2)C1. The van der Waals surface area contributed by atoms with Gasteiger partial charge in [0.2, 0.25) is 5.91 Å². The maximum Gasteiger partial charge on any atom is 0.410 e. The predicted molar refractivity (Wildman–Crippen MR) is 117 cm³/mol. The number of carbonyl (C=O) groups excluding carboxylic acids is 3. The Balaban J connectivity index is 1.64. The molecule has 2 atom stereocenters. The fourth-order valence-corrected chi connectivity index (χ4v) is 3.83. The van der Waals surface area contributed by atoms with Gasteiger partial charge in [0.05, 0.1) is 25.2 Å². The van der Waals surface area contributed by atoms with Crippen molar-refractivity contribution in [3.8, 4) is 0 Å². The van der Waals surface area contributed by atoms with Crippen molar-refractivity contribution in [2.24, 2.45) is 5.92 Å². The number of likely N-dealkylation sites (tertiary alicyclic amines) is 1. The molecule has 0 bridgehead atoms. The van der Waals surface area contributed by atoms with Crippen molar-refractivity contribution in [1.82, 2.24) is 15.1 Å². The van der Waals surface area contributed by atoms with Crippen LogP contribution in [0, 0.1) is 5.92 Å².